The maximum absolute atomic E-state index is 6.00. The van der Waals surface area contributed by atoms with Crippen LogP contribution in [0.4, 0.5) is 0 Å². The SMILES string of the molecule is Cc1ccc(OCC2(CN)CCCCN2C)cc1. The fraction of sp³-hybridized carbons (Fsp3) is 0.600. The van der Waals surface area contributed by atoms with E-state index in [1.54, 1.807) is 0 Å². The second-order valence-corrected chi connectivity index (χ2v) is 5.41. The summed E-state index contributed by atoms with van der Waals surface area (Å²) in [7, 11) is 2.16. The molecule has 1 unspecified atom stereocenters. The van der Waals surface area contributed by atoms with Crippen molar-refractivity contribution in [3.8, 4) is 5.75 Å². The number of benzene rings is 1. The van der Waals surface area contributed by atoms with Crippen LogP contribution in [0, 0.1) is 6.92 Å². The van der Waals surface area contributed by atoms with Crippen LogP contribution in [-0.2, 0) is 0 Å². The van der Waals surface area contributed by atoms with Gasteiger partial charge in [-0.05, 0) is 45.5 Å². The fourth-order valence-electron chi connectivity index (χ4n) is 2.58. The number of likely N-dealkylation sites (N-methyl/N-ethyl adjacent to an activating group) is 1. The van der Waals surface area contributed by atoms with Gasteiger partial charge in [-0.1, -0.05) is 24.1 Å². The van der Waals surface area contributed by atoms with Crippen LogP contribution in [0.5, 0.6) is 5.75 Å². The zero-order valence-electron chi connectivity index (χ0n) is 11.5. The number of piperidine rings is 1. The Labute approximate surface area is 110 Å². The molecule has 3 heteroatoms. The standard InChI is InChI=1S/C15H24N2O/c1-13-5-7-14(8-6-13)18-12-15(11-16)9-3-4-10-17(15)2/h5-8H,3-4,9-12,16H2,1-2H3. The predicted molar refractivity (Wildman–Crippen MR) is 74.9 cm³/mol. The smallest absolute Gasteiger partial charge is 0.119 e. The van der Waals surface area contributed by atoms with Gasteiger partial charge in [0, 0.05) is 6.54 Å². The van der Waals surface area contributed by atoms with E-state index in [-0.39, 0.29) is 5.54 Å². The van der Waals surface area contributed by atoms with E-state index in [9.17, 15) is 0 Å². The Balaban J connectivity index is 2.00. The van der Waals surface area contributed by atoms with E-state index in [0.29, 0.717) is 13.2 Å². The summed E-state index contributed by atoms with van der Waals surface area (Å²) in [6, 6.07) is 8.22. The van der Waals surface area contributed by atoms with Crippen molar-refractivity contribution in [3.63, 3.8) is 0 Å². The summed E-state index contributed by atoms with van der Waals surface area (Å²) < 4.78 is 5.94. The molecule has 1 fully saturated rings. The molecule has 100 valence electrons. The first kappa shape index (κ1) is 13.4. The fourth-order valence-corrected chi connectivity index (χ4v) is 2.58. The van der Waals surface area contributed by atoms with Gasteiger partial charge in [0.25, 0.3) is 0 Å². The molecule has 1 aliphatic rings. The minimum atomic E-state index is 0.0170. The van der Waals surface area contributed by atoms with Crippen molar-refractivity contribution in [3.05, 3.63) is 29.8 Å². The second kappa shape index (κ2) is 5.72. The highest BCUT2D eigenvalue weighted by molar-refractivity contribution is 5.26. The minimum Gasteiger partial charge on any atom is -0.492 e. The molecule has 1 heterocycles. The van der Waals surface area contributed by atoms with Crippen LogP contribution >= 0.6 is 0 Å². The maximum Gasteiger partial charge on any atom is 0.119 e. The molecular formula is C15H24N2O. The summed E-state index contributed by atoms with van der Waals surface area (Å²) in [5.41, 5.74) is 7.27. The Morgan fingerprint density at radius 1 is 1.28 bits per heavy atom. The quantitative estimate of drug-likeness (QED) is 0.887. The molecule has 1 aliphatic heterocycles. The number of likely N-dealkylation sites (tertiary alicyclic amines) is 1. The van der Waals surface area contributed by atoms with E-state index in [4.69, 9.17) is 10.5 Å². The maximum atomic E-state index is 6.00. The molecule has 2 rings (SSSR count). The largest absolute Gasteiger partial charge is 0.492 e. The third-order valence-corrected chi connectivity index (χ3v) is 4.10. The van der Waals surface area contributed by atoms with Crippen LogP contribution in [0.1, 0.15) is 24.8 Å². The van der Waals surface area contributed by atoms with Gasteiger partial charge in [0.2, 0.25) is 0 Å². The van der Waals surface area contributed by atoms with E-state index in [1.807, 2.05) is 12.1 Å². The topological polar surface area (TPSA) is 38.5 Å². The number of hydrogen-bond donors (Lipinski definition) is 1. The highest BCUT2D eigenvalue weighted by atomic mass is 16.5. The van der Waals surface area contributed by atoms with Gasteiger partial charge in [-0.3, -0.25) is 4.90 Å². The summed E-state index contributed by atoms with van der Waals surface area (Å²) in [6.45, 7) is 4.55. The average Bonchev–Trinajstić information content (AvgIpc) is 2.40. The summed E-state index contributed by atoms with van der Waals surface area (Å²) in [4.78, 5) is 2.37. The molecular weight excluding hydrogens is 224 g/mol. The van der Waals surface area contributed by atoms with E-state index in [1.165, 1.54) is 18.4 Å². The van der Waals surface area contributed by atoms with Crippen LogP contribution in [0.15, 0.2) is 24.3 Å². The lowest BCUT2D eigenvalue weighted by molar-refractivity contribution is 0.0340. The summed E-state index contributed by atoms with van der Waals surface area (Å²) in [6.07, 6.45) is 3.65. The van der Waals surface area contributed by atoms with Gasteiger partial charge in [0.15, 0.2) is 0 Å². The van der Waals surface area contributed by atoms with Crippen molar-refractivity contribution in [1.29, 1.82) is 0 Å². The molecule has 0 radical (unpaired) electrons. The molecule has 18 heavy (non-hydrogen) atoms. The molecule has 2 N–H and O–H groups in total. The van der Waals surface area contributed by atoms with Crippen molar-refractivity contribution >= 4 is 0 Å². The normalized spacial score (nSPS) is 25.1. The number of rotatable bonds is 4. The Kier molecular flexibility index (Phi) is 4.25. The van der Waals surface area contributed by atoms with Crippen molar-refractivity contribution in [2.75, 3.05) is 26.7 Å². The number of ether oxygens (including phenoxy) is 1. The van der Waals surface area contributed by atoms with Crippen LogP contribution in [0.25, 0.3) is 0 Å². The average molecular weight is 248 g/mol. The molecule has 1 aromatic rings. The lowest BCUT2D eigenvalue weighted by Gasteiger charge is -2.44. The van der Waals surface area contributed by atoms with Crippen LogP contribution in [0.2, 0.25) is 0 Å². The molecule has 0 aromatic heterocycles. The summed E-state index contributed by atoms with van der Waals surface area (Å²) in [5, 5.41) is 0. The van der Waals surface area contributed by atoms with Gasteiger partial charge in [0.1, 0.15) is 12.4 Å². The Morgan fingerprint density at radius 3 is 2.61 bits per heavy atom. The van der Waals surface area contributed by atoms with Crippen molar-refractivity contribution < 1.29 is 4.74 Å². The Hall–Kier alpha value is -1.06. The zero-order chi connectivity index (χ0) is 13.0. The Bertz CT molecular complexity index is 377. The number of hydrogen-bond acceptors (Lipinski definition) is 3. The van der Waals surface area contributed by atoms with Crippen molar-refractivity contribution in [2.45, 2.75) is 31.7 Å². The number of aryl methyl sites for hydroxylation is 1. The lowest BCUT2D eigenvalue weighted by atomic mass is 9.88. The molecule has 1 aromatic carbocycles. The third-order valence-electron chi connectivity index (χ3n) is 4.10. The van der Waals surface area contributed by atoms with Crippen molar-refractivity contribution in [2.24, 2.45) is 5.73 Å². The second-order valence-electron chi connectivity index (χ2n) is 5.41. The first-order valence-corrected chi connectivity index (χ1v) is 6.77. The lowest BCUT2D eigenvalue weighted by Crippen LogP contribution is -2.58. The Morgan fingerprint density at radius 2 is 2.00 bits per heavy atom. The van der Waals surface area contributed by atoms with Gasteiger partial charge in [-0.2, -0.15) is 0 Å². The van der Waals surface area contributed by atoms with E-state index < -0.39 is 0 Å². The van der Waals surface area contributed by atoms with Gasteiger partial charge in [0.05, 0.1) is 5.54 Å². The first-order valence-electron chi connectivity index (χ1n) is 6.77. The highest BCUT2D eigenvalue weighted by Crippen LogP contribution is 2.27. The summed E-state index contributed by atoms with van der Waals surface area (Å²) >= 11 is 0. The monoisotopic (exact) mass is 248 g/mol. The molecule has 0 bridgehead atoms. The number of nitrogens with zero attached hydrogens (tertiary/aromatic N) is 1. The van der Waals surface area contributed by atoms with Crippen molar-refractivity contribution in [1.82, 2.24) is 4.90 Å². The highest BCUT2D eigenvalue weighted by Gasteiger charge is 2.36. The van der Waals surface area contributed by atoms with Crippen LogP contribution in [0.3, 0.4) is 0 Å². The molecule has 0 amide bonds. The third kappa shape index (κ3) is 2.85. The molecule has 0 aliphatic carbocycles. The molecule has 3 nitrogen and oxygen atoms in total. The molecule has 0 spiro atoms. The van der Waals surface area contributed by atoms with Gasteiger partial charge in [-0.25, -0.2) is 0 Å². The van der Waals surface area contributed by atoms with Gasteiger partial charge < -0.3 is 10.5 Å². The van der Waals surface area contributed by atoms with E-state index in [2.05, 4.69) is 31.0 Å². The van der Waals surface area contributed by atoms with E-state index >= 15 is 0 Å². The first-order chi connectivity index (χ1) is 8.66. The van der Waals surface area contributed by atoms with Crippen LogP contribution < -0.4 is 10.5 Å². The summed E-state index contributed by atoms with van der Waals surface area (Å²) in [5.74, 6) is 0.937. The zero-order valence-corrected chi connectivity index (χ0v) is 11.5. The molecule has 1 atom stereocenters. The van der Waals surface area contributed by atoms with Gasteiger partial charge in [-0.15, -0.1) is 0 Å². The minimum absolute atomic E-state index is 0.0170. The predicted octanol–water partition coefficient (Wildman–Crippen LogP) is 2.19. The van der Waals surface area contributed by atoms with Gasteiger partial charge >= 0.3 is 0 Å². The number of nitrogens with two attached hydrogens (primary N) is 1. The molecule has 1 saturated heterocycles. The van der Waals surface area contributed by atoms with Crippen LogP contribution in [-0.4, -0.2) is 37.2 Å². The molecule has 0 saturated carbocycles. The van der Waals surface area contributed by atoms with E-state index in [0.717, 1.165) is 18.7 Å².